The molecule has 0 atom stereocenters. The summed E-state index contributed by atoms with van der Waals surface area (Å²) in [6.45, 7) is 4.35. The van der Waals surface area contributed by atoms with Crippen LogP contribution in [-0.4, -0.2) is 40.5 Å². The monoisotopic (exact) mass is 347 g/mol. The van der Waals surface area contributed by atoms with Crippen LogP contribution in [0.25, 0.3) is 0 Å². The number of carboxylic acid groups (broad SMARTS) is 1. The lowest BCUT2D eigenvalue weighted by atomic mass is 10.2. The number of aliphatic carboxylic acids is 1. The first-order valence-corrected chi connectivity index (χ1v) is 7.76. The predicted molar refractivity (Wildman–Crippen MR) is 91.1 cm³/mol. The van der Waals surface area contributed by atoms with Crippen LogP contribution < -0.4 is 14.8 Å². The minimum atomic E-state index is -1.01. The van der Waals surface area contributed by atoms with Crippen molar-refractivity contribution in [3.63, 3.8) is 0 Å². The molecule has 2 aromatic rings. The van der Waals surface area contributed by atoms with Gasteiger partial charge in [-0.2, -0.15) is 5.10 Å². The van der Waals surface area contributed by atoms with Gasteiger partial charge in [0.15, 0.2) is 17.3 Å². The molecule has 2 N–H and O–H groups in total. The van der Waals surface area contributed by atoms with E-state index in [2.05, 4.69) is 10.4 Å². The maximum atomic E-state index is 12.3. The number of carboxylic acids is 1. The van der Waals surface area contributed by atoms with Gasteiger partial charge in [0.1, 0.15) is 6.54 Å². The van der Waals surface area contributed by atoms with E-state index in [0.717, 1.165) is 0 Å². The second kappa shape index (κ2) is 8.18. The summed E-state index contributed by atoms with van der Waals surface area (Å²) in [6, 6.07) is 6.42. The number of benzene rings is 1. The number of amides is 1. The van der Waals surface area contributed by atoms with Gasteiger partial charge in [-0.25, -0.2) is 0 Å². The van der Waals surface area contributed by atoms with E-state index >= 15 is 0 Å². The summed E-state index contributed by atoms with van der Waals surface area (Å²) in [5.41, 5.74) is 0.376. The Kier molecular flexibility index (Phi) is 5.99. The number of carbonyl (C=O) groups excluding carboxylic acids is 1. The Bertz CT molecular complexity index is 754. The number of carbonyl (C=O) groups is 2. The number of nitrogens with zero attached hydrogens (tertiary/aromatic N) is 2. The van der Waals surface area contributed by atoms with Gasteiger partial charge in [0.05, 0.1) is 13.7 Å². The van der Waals surface area contributed by atoms with Gasteiger partial charge < -0.3 is 19.9 Å². The summed E-state index contributed by atoms with van der Waals surface area (Å²) in [5.74, 6) is 0.277. The lowest BCUT2D eigenvalue weighted by Gasteiger charge is -2.13. The van der Waals surface area contributed by atoms with Crippen LogP contribution in [0.2, 0.25) is 0 Å². The van der Waals surface area contributed by atoms with Gasteiger partial charge in [0.2, 0.25) is 0 Å². The number of methoxy groups -OCH3 is 1. The van der Waals surface area contributed by atoms with Crippen LogP contribution in [0.5, 0.6) is 11.5 Å². The highest BCUT2D eigenvalue weighted by atomic mass is 16.5. The zero-order valence-corrected chi connectivity index (χ0v) is 14.4. The standard InChI is InChI=1S/C17H21N3O5/c1-11(2)10-25-13-5-4-12(8-14(13)24-3)17(23)18-15-6-7-20(19-15)9-16(21)22/h4-8,11H,9-10H2,1-3H3,(H,21,22)(H,18,19,23). The molecule has 0 radical (unpaired) electrons. The zero-order chi connectivity index (χ0) is 18.4. The number of rotatable bonds is 8. The van der Waals surface area contributed by atoms with Crippen LogP contribution in [0.1, 0.15) is 24.2 Å². The quantitative estimate of drug-likeness (QED) is 0.759. The summed E-state index contributed by atoms with van der Waals surface area (Å²) in [4.78, 5) is 23.0. The maximum absolute atomic E-state index is 12.3. The largest absolute Gasteiger partial charge is 0.493 e. The summed E-state index contributed by atoms with van der Waals surface area (Å²) < 4.78 is 12.2. The Morgan fingerprint density at radius 2 is 2.04 bits per heavy atom. The maximum Gasteiger partial charge on any atom is 0.325 e. The summed E-state index contributed by atoms with van der Waals surface area (Å²) in [6.07, 6.45) is 1.48. The Balaban J connectivity index is 2.08. The third-order valence-electron chi connectivity index (χ3n) is 3.18. The van der Waals surface area contributed by atoms with Crippen molar-refractivity contribution in [2.45, 2.75) is 20.4 Å². The average Bonchev–Trinajstić information content (AvgIpc) is 2.98. The SMILES string of the molecule is COc1cc(C(=O)Nc2ccn(CC(=O)O)n2)ccc1OCC(C)C. The second-order valence-electron chi connectivity index (χ2n) is 5.82. The summed E-state index contributed by atoms with van der Waals surface area (Å²) in [7, 11) is 1.51. The molecule has 2 rings (SSSR count). The smallest absolute Gasteiger partial charge is 0.325 e. The normalized spacial score (nSPS) is 10.6. The molecule has 0 aliphatic carbocycles. The lowest BCUT2D eigenvalue weighted by molar-refractivity contribution is -0.137. The van der Waals surface area contributed by atoms with E-state index in [9.17, 15) is 9.59 Å². The molecule has 0 fully saturated rings. The summed E-state index contributed by atoms with van der Waals surface area (Å²) >= 11 is 0. The first-order valence-electron chi connectivity index (χ1n) is 7.76. The van der Waals surface area contributed by atoms with E-state index < -0.39 is 5.97 Å². The summed E-state index contributed by atoms with van der Waals surface area (Å²) in [5, 5.41) is 15.3. The molecule has 1 heterocycles. The number of aromatic nitrogens is 2. The number of ether oxygens (including phenoxy) is 2. The fourth-order valence-electron chi connectivity index (χ4n) is 2.03. The van der Waals surface area contributed by atoms with Crippen molar-refractivity contribution in [2.24, 2.45) is 5.92 Å². The van der Waals surface area contributed by atoms with Gasteiger partial charge >= 0.3 is 5.97 Å². The molecule has 0 aliphatic rings. The molecule has 134 valence electrons. The minimum Gasteiger partial charge on any atom is -0.493 e. The molecule has 8 nitrogen and oxygen atoms in total. The topological polar surface area (TPSA) is 103 Å². The number of hydrogen-bond acceptors (Lipinski definition) is 5. The molecule has 1 amide bonds. The van der Waals surface area contributed by atoms with Crippen LogP contribution in [0.4, 0.5) is 5.82 Å². The van der Waals surface area contributed by atoms with Crippen molar-refractivity contribution in [1.29, 1.82) is 0 Å². The Labute approximate surface area is 145 Å². The van der Waals surface area contributed by atoms with Crippen molar-refractivity contribution in [3.8, 4) is 11.5 Å². The lowest BCUT2D eigenvalue weighted by Crippen LogP contribution is -2.14. The molecule has 0 unspecified atom stereocenters. The van der Waals surface area contributed by atoms with Crippen LogP contribution in [-0.2, 0) is 11.3 Å². The van der Waals surface area contributed by atoms with E-state index in [4.69, 9.17) is 14.6 Å². The highest BCUT2D eigenvalue weighted by molar-refractivity contribution is 6.04. The molecule has 0 bridgehead atoms. The second-order valence-corrected chi connectivity index (χ2v) is 5.82. The molecule has 0 saturated carbocycles. The molecular formula is C17H21N3O5. The zero-order valence-electron chi connectivity index (χ0n) is 14.4. The number of nitrogens with one attached hydrogen (secondary N) is 1. The van der Waals surface area contributed by atoms with Crippen LogP contribution >= 0.6 is 0 Å². The minimum absolute atomic E-state index is 0.269. The van der Waals surface area contributed by atoms with E-state index in [-0.39, 0.29) is 18.3 Å². The highest BCUT2D eigenvalue weighted by Gasteiger charge is 2.13. The molecule has 25 heavy (non-hydrogen) atoms. The third-order valence-corrected chi connectivity index (χ3v) is 3.18. The molecular weight excluding hydrogens is 326 g/mol. The van der Waals surface area contributed by atoms with E-state index in [1.54, 1.807) is 18.2 Å². The van der Waals surface area contributed by atoms with Crippen LogP contribution in [0, 0.1) is 5.92 Å². The van der Waals surface area contributed by atoms with Gasteiger partial charge in [-0.1, -0.05) is 13.8 Å². The van der Waals surface area contributed by atoms with Gasteiger partial charge in [-0.3, -0.25) is 14.3 Å². The van der Waals surface area contributed by atoms with Crippen molar-refractivity contribution in [1.82, 2.24) is 9.78 Å². The van der Waals surface area contributed by atoms with E-state index in [1.807, 2.05) is 13.8 Å². The van der Waals surface area contributed by atoms with Crippen LogP contribution in [0.3, 0.4) is 0 Å². The van der Waals surface area contributed by atoms with Crippen molar-refractivity contribution < 1.29 is 24.2 Å². The fourth-order valence-corrected chi connectivity index (χ4v) is 2.03. The van der Waals surface area contributed by atoms with Gasteiger partial charge in [0.25, 0.3) is 5.91 Å². The van der Waals surface area contributed by atoms with Crippen molar-refractivity contribution in [2.75, 3.05) is 19.0 Å². The average molecular weight is 347 g/mol. The fraction of sp³-hybridized carbons (Fsp3) is 0.353. The molecule has 1 aromatic heterocycles. The Morgan fingerprint density at radius 3 is 2.68 bits per heavy atom. The van der Waals surface area contributed by atoms with Gasteiger partial charge in [-0.05, 0) is 24.1 Å². The first-order chi connectivity index (χ1) is 11.9. The molecule has 0 spiro atoms. The van der Waals surface area contributed by atoms with Gasteiger partial charge in [-0.15, -0.1) is 0 Å². The molecule has 8 heteroatoms. The molecule has 0 saturated heterocycles. The Hall–Kier alpha value is -3.03. The van der Waals surface area contributed by atoms with Crippen molar-refractivity contribution >= 4 is 17.7 Å². The predicted octanol–water partition coefficient (Wildman–Crippen LogP) is 2.26. The van der Waals surface area contributed by atoms with Crippen molar-refractivity contribution in [3.05, 3.63) is 36.0 Å². The Morgan fingerprint density at radius 1 is 1.28 bits per heavy atom. The van der Waals surface area contributed by atoms with E-state index in [1.165, 1.54) is 24.1 Å². The number of hydrogen-bond donors (Lipinski definition) is 2. The number of anilines is 1. The van der Waals surface area contributed by atoms with Crippen LogP contribution in [0.15, 0.2) is 30.5 Å². The van der Waals surface area contributed by atoms with Gasteiger partial charge in [0, 0.05) is 17.8 Å². The molecule has 0 aliphatic heterocycles. The highest BCUT2D eigenvalue weighted by Crippen LogP contribution is 2.28. The molecule has 1 aromatic carbocycles. The van der Waals surface area contributed by atoms with E-state index in [0.29, 0.717) is 29.6 Å². The first kappa shape index (κ1) is 18.3. The third kappa shape index (κ3) is 5.23.